The largest absolute Gasteiger partial charge is 0.444 e. The van der Waals surface area contributed by atoms with Gasteiger partial charge in [0.2, 0.25) is 0 Å². The molecule has 1 aliphatic heterocycles. The van der Waals surface area contributed by atoms with Crippen LogP contribution in [0.2, 0.25) is 0 Å². The summed E-state index contributed by atoms with van der Waals surface area (Å²) in [4.78, 5) is 19.7. The van der Waals surface area contributed by atoms with E-state index in [4.69, 9.17) is 4.42 Å². The molecule has 2 aliphatic rings. The standard InChI is InChI=1S/C30H29F3N4O3/c1-17-8-18(26-14-34-16-40-26)10-19(9-17)27-22-12-29(2,3)13-23(22)28(39)37(35-27)25-11-20(36-7-6-21(38)15-36)4-5-24(25)30(31,32)33/h4-5,8-11,14,16,21,38H,6-7,12-13,15H2,1-3H3. The van der Waals surface area contributed by atoms with E-state index in [9.17, 15) is 23.1 Å². The number of aryl methyl sites for hydroxylation is 1. The summed E-state index contributed by atoms with van der Waals surface area (Å²) in [5.41, 5.74) is 2.48. The van der Waals surface area contributed by atoms with Crippen molar-refractivity contribution < 1.29 is 22.7 Å². The van der Waals surface area contributed by atoms with Gasteiger partial charge in [0.05, 0.1) is 29.2 Å². The smallest absolute Gasteiger partial charge is 0.418 e. The van der Waals surface area contributed by atoms with Gasteiger partial charge in [-0.15, -0.1) is 0 Å². The lowest BCUT2D eigenvalue weighted by atomic mass is 9.89. The number of halogens is 3. The highest BCUT2D eigenvalue weighted by Crippen LogP contribution is 2.41. The second-order valence-electron chi connectivity index (χ2n) is 11.6. The summed E-state index contributed by atoms with van der Waals surface area (Å²) in [5.74, 6) is 0.551. The second kappa shape index (κ2) is 9.33. The molecule has 10 heteroatoms. The number of anilines is 1. The Balaban J connectivity index is 1.60. The number of aliphatic hydroxyl groups is 1. The van der Waals surface area contributed by atoms with Gasteiger partial charge in [-0.3, -0.25) is 4.79 Å². The summed E-state index contributed by atoms with van der Waals surface area (Å²) in [6.45, 7) is 6.81. The molecule has 1 saturated heterocycles. The van der Waals surface area contributed by atoms with Gasteiger partial charge in [-0.05, 0) is 79.1 Å². The SMILES string of the molecule is Cc1cc(-c2cnco2)cc(-c2nn(-c3cc(N4CCC(O)C4)ccc3C(F)(F)F)c(=O)c3c2CC(C)(C)C3)c1. The molecule has 0 bridgehead atoms. The molecule has 0 radical (unpaired) electrons. The fraction of sp³-hybridized carbons (Fsp3) is 0.367. The lowest BCUT2D eigenvalue weighted by molar-refractivity contribution is -0.137. The lowest BCUT2D eigenvalue weighted by Crippen LogP contribution is -2.29. The van der Waals surface area contributed by atoms with Crippen LogP contribution >= 0.6 is 0 Å². The van der Waals surface area contributed by atoms with E-state index in [1.807, 2.05) is 43.9 Å². The van der Waals surface area contributed by atoms with Gasteiger partial charge >= 0.3 is 6.18 Å². The predicted octanol–water partition coefficient (Wildman–Crippen LogP) is 5.58. The van der Waals surface area contributed by atoms with Crippen LogP contribution < -0.4 is 10.5 Å². The van der Waals surface area contributed by atoms with Crippen molar-refractivity contribution in [2.75, 3.05) is 18.0 Å². The summed E-state index contributed by atoms with van der Waals surface area (Å²) in [6.07, 6.45) is -0.812. The molecule has 40 heavy (non-hydrogen) atoms. The average Bonchev–Trinajstić information content (AvgIpc) is 3.63. The number of hydrogen-bond acceptors (Lipinski definition) is 6. The Bertz CT molecular complexity index is 1660. The van der Waals surface area contributed by atoms with Crippen LogP contribution in [0.4, 0.5) is 18.9 Å². The van der Waals surface area contributed by atoms with Crippen molar-refractivity contribution in [2.45, 2.75) is 52.3 Å². The van der Waals surface area contributed by atoms with Crippen molar-refractivity contribution in [1.29, 1.82) is 0 Å². The zero-order valence-electron chi connectivity index (χ0n) is 22.4. The van der Waals surface area contributed by atoms with Gasteiger partial charge < -0.3 is 14.4 Å². The maximum atomic E-state index is 14.3. The highest BCUT2D eigenvalue weighted by molar-refractivity contribution is 5.73. The molecule has 4 aromatic rings. The van der Waals surface area contributed by atoms with Gasteiger partial charge in [-0.25, -0.2) is 4.98 Å². The van der Waals surface area contributed by atoms with Crippen molar-refractivity contribution in [3.8, 4) is 28.3 Å². The third kappa shape index (κ3) is 4.70. The molecule has 0 saturated carbocycles. The maximum Gasteiger partial charge on any atom is 0.418 e. The van der Waals surface area contributed by atoms with E-state index in [1.54, 1.807) is 6.20 Å². The van der Waals surface area contributed by atoms with E-state index in [-0.39, 0.29) is 11.1 Å². The topological polar surface area (TPSA) is 84.4 Å². The molecule has 6 rings (SSSR count). The van der Waals surface area contributed by atoms with E-state index in [0.717, 1.165) is 27.4 Å². The summed E-state index contributed by atoms with van der Waals surface area (Å²) >= 11 is 0. The molecule has 1 N–H and O–H groups in total. The number of hydrogen-bond donors (Lipinski definition) is 1. The van der Waals surface area contributed by atoms with Gasteiger partial charge in [0.1, 0.15) is 0 Å². The molecule has 2 aromatic carbocycles. The fourth-order valence-electron chi connectivity index (χ4n) is 5.92. The Morgan fingerprint density at radius 2 is 1.82 bits per heavy atom. The van der Waals surface area contributed by atoms with Crippen molar-refractivity contribution in [1.82, 2.24) is 14.8 Å². The number of benzene rings is 2. The average molecular weight is 551 g/mol. The first-order valence-electron chi connectivity index (χ1n) is 13.2. The van der Waals surface area contributed by atoms with E-state index >= 15 is 0 Å². The molecule has 1 unspecified atom stereocenters. The van der Waals surface area contributed by atoms with Crippen LogP contribution in [0.25, 0.3) is 28.3 Å². The van der Waals surface area contributed by atoms with Gasteiger partial charge in [0.15, 0.2) is 12.2 Å². The van der Waals surface area contributed by atoms with Crippen LogP contribution in [-0.2, 0) is 19.0 Å². The summed E-state index contributed by atoms with van der Waals surface area (Å²) in [5, 5.41) is 14.7. The number of aromatic nitrogens is 3. The first kappa shape index (κ1) is 26.3. The molecule has 7 nitrogen and oxygen atoms in total. The first-order chi connectivity index (χ1) is 18.9. The normalized spacial score (nSPS) is 18.4. The number of rotatable bonds is 4. The van der Waals surface area contributed by atoms with E-state index in [2.05, 4.69) is 10.1 Å². The number of β-amino-alcohol motifs (C(OH)–C–C–N with tert-alkyl or cyclic N) is 1. The van der Waals surface area contributed by atoms with Crippen LogP contribution in [0, 0.1) is 12.3 Å². The van der Waals surface area contributed by atoms with Crippen LogP contribution in [0.3, 0.4) is 0 Å². The Morgan fingerprint density at radius 3 is 2.50 bits per heavy atom. The molecule has 0 spiro atoms. The fourth-order valence-corrected chi connectivity index (χ4v) is 5.92. The molecule has 1 fully saturated rings. The minimum atomic E-state index is -4.71. The van der Waals surface area contributed by atoms with Crippen LogP contribution in [-0.4, -0.2) is 39.1 Å². The minimum Gasteiger partial charge on any atom is -0.444 e. The predicted molar refractivity (Wildman–Crippen MR) is 145 cm³/mol. The van der Waals surface area contributed by atoms with Crippen molar-refractivity contribution in [2.24, 2.45) is 5.41 Å². The Hall–Kier alpha value is -3.92. The molecule has 0 amide bonds. The molecule has 2 aromatic heterocycles. The molecular weight excluding hydrogens is 521 g/mol. The Morgan fingerprint density at radius 1 is 1.07 bits per heavy atom. The minimum absolute atomic E-state index is 0.255. The number of alkyl halides is 3. The van der Waals surface area contributed by atoms with E-state index in [1.165, 1.54) is 18.5 Å². The zero-order chi connectivity index (χ0) is 28.4. The quantitative estimate of drug-likeness (QED) is 0.357. The number of oxazole rings is 1. The lowest BCUT2D eigenvalue weighted by Gasteiger charge is -2.22. The maximum absolute atomic E-state index is 14.3. The highest BCUT2D eigenvalue weighted by Gasteiger charge is 2.38. The molecule has 208 valence electrons. The molecular formula is C30H29F3N4O3. The van der Waals surface area contributed by atoms with Crippen LogP contribution in [0.15, 0.2) is 58.2 Å². The van der Waals surface area contributed by atoms with E-state index < -0.39 is 23.4 Å². The highest BCUT2D eigenvalue weighted by atomic mass is 19.4. The monoisotopic (exact) mass is 550 g/mol. The van der Waals surface area contributed by atoms with Gasteiger partial charge in [-0.2, -0.15) is 23.0 Å². The summed E-state index contributed by atoms with van der Waals surface area (Å²) < 4.78 is 49.3. The first-order valence-corrected chi connectivity index (χ1v) is 13.2. The summed E-state index contributed by atoms with van der Waals surface area (Å²) in [6, 6.07) is 9.45. The van der Waals surface area contributed by atoms with Crippen LogP contribution in [0.5, 0.6) is 0 Å². The third-order valence-electron chi connectivity index (χ3n) is 7.72. The second-order valence-corrected chi connectivity index (χ2v) is 11.6. The van der Waals surface area contributed by atoms with Crippen molar-refractivity contribution in [3.05, 3.63) is 81.6 Å². The van der Waals surface area contributed by atoms with E-state index in [0.29, 0.717) is 60.6 Å². The Labute approximate surface area is 228 Å². The van der Waals surface area contributed by atoms with Crippen molar-refractivity contribution in [3.63, 3.8) is 0 Å². The molecule has 3 heterocycles. The molecule has 1 aliphatic carbocycles. The van der Waals surface area contributed by atoms with Gasteiger partial charge in [0, 0.05) is 35.5 Å². The van der Waals surface area contributed by atoms with Crippen LogP contribution in [0.1, 0.15) is 42.5 Å². The Kier molecular flexibility index (Phi) is 6.14. The summed E-state index contributed by atoms with van der Waals surface area (Å²) in [7, 11) is 0. The number of nitrogens with zero attached hydrogens (tertiary/aromatic N) is 4. The molecule has 1 atom stereocenters. The van der Waals surface area contributed by atoms with Gasteiger partial charge in [0.25, 0.3) is 5.56 Å². The van der Waals surface area contributed by atoms with Crippen molar-refractivity contribution >= 4 is 5.69 Å². The number of aliphatic hydroxyl groups excluding tert-OH is 1. The van der Waals surface area contributed by atoms with Gasteiger partial charge in [-0.1, -0.05) is 13.8 Å². The third-order valence-corrected chi connectivity index (χ3v) is 7.72. The zero-order valence-corrected chi connectivity index (χ0v) is 22.4. The number of fused-ring (bicyclic) bond motifs is 1.